The van der Waals surface area contributed by atoms with Crippen molar-refractivity contribution in [1.82, 2.24) is 14.9 Å². The Balaban J connectivity index is 1.41. The van der Waals surface area contributed by atoms with Crippen LogP contribution in [0.3, 0.4) is 0 Å². The molecule has 0 saturated carbocycles. The topological polar surface area (TPSA) is 42.3 Å². The van der Waals surface area contributed by atoms with E-state index in [1.165, 1.54) is 6.07 Å². The average molecular weight is 571 g/mol. The van der Waals surface area contributed by atoms with Gasteiger partial charge in [-0.1, -0.05) is 30.3 Å². The third-order valence-corrected chi connectivity index (χ3v) is 7.38. The number of alkyl halides is 3. The molecule has 2 aromatic heterocycles. The van der Waals surface area contributed by atoms with E-state index < -0.39 is 17.8 Å². The molecule has 206 valence electrons. The van der Waals surface area contributed by atoms with Gasteiger partial charge in [-0.3, -0.25) is 4.98 Å². The second kappa shape index (κ2) is 10.7. The summed E-state index contributed by atoms with van der Waals surface area (Å²) < 4.78 is 48.5. The first-order valence-electron chi connectivity index (χ1n) is 13.0. The van der Waals surface area contributed by atoms with E-state index in [1.54, 1.807) is 23.0 Å². The number of halogens is 3. The zero-order chi connectivity index (χ0) is 28.6. The minimum absolute atomic E-state index is 0.356. The first kappa shape index (κ1) is 26.6. The predicted molar refractivity (Wildman–Crippen MR) is 156 cm³/mol. The zero-order valence-electron chi connectivity index (χ0n) is 21.9. The number of nitrogens with zero attached hydrogens (tertiary/aromatic N) is 3. The third kappa shape index (κ3) is 5.28. The van der Waals surface area contributed by atoms with Gasteiger partial charge in [0.25, 0.3) is 0 Å². The van der Waals surface area contributed by atoms with E-state index in [2.05, 4.69) is 10.3 Å². The lowest BCUT2D eigenvalue weighted by Gasteiger charge is -2.29. The van der Waals surface area contributed by atoms with Gasteiger partial charge in [0.2, 0.25) is 0 Å². The highest BCUT2D eigenvalue weighted by molar-refractivity contribution is 7.80. The van der Waals surface area contributed by atoms with Crippen LogP contribution in [-0.2, 0) is 6.18 Å². The minimum atomic E-state index is -4.45. The van der Waals surface area contributed by atoms with Crippen molar-refractivity contribution in [2.75, 3.05) is 4.90 Å². The van der Waals surface area contributed by atoms with Crippen LogP contribution in [0.25, 0.3) is 5.69 Å². The Kier molecular flexibility index (Phi) is 6.96. The summed E-state index contributed by atoms with van der Waals surface area (Å²) in [6, 6.07) is 29.3. The lowest BCUT2D eigenvalue weighted by atomic mass is 10.0. The molecule has 41 heavy (non-hydrogen) atoms. The normalized spacial score (nSPS) is 17.0. The lowest BCUT2D eigenvalue weighted by Crippen LogP contribution is -2.30. The van der Waals surface area contributed by atoms with Crippen LogP contribution < -0.4 is 15.0 Å². The molecule has 5 nitrogen and oxygen atoms in total. The molecule has 0 unspecified atom stereocenters. The highest BCUT2D eigenvalue weighted by Crippen LogP contribution is 2.43. The number of para-hydroxylation sites is 1. The van der Waals surface area contributed by atoms with Crippen molar-refractivity contribution in [3.63, 3.8) is 0 Å². The van der Waals surface area contributed by atoms with E-state index in [-0.39, 0.29) is 6.04 Å². The number of thiocarbonyl (C=S) groups is 1. The maximum absolute atomic E-state index is 13.6. The predicted octanol–water partition coefficient (Wildman–Crippen LogP) is 8.17. The van der Waals surface area contributed by atoms with Crippen LogP contribution in [0.5, 0.6) is 11.5 Å². The number of hydrogen-bond acceptors (Lipinski definition) is 3. The number of ether oxygens (including phenoxy) is 1. The fraction of sp³-hybridized carbons (Fsp3) is 0.125. The summed E-state index contributed by atoms with van der Waals surface area (Å²) in [5, 5.41) is 3.89. The molecule has 5 aromatic rings. The molecular formula is C32H25F3N4OS. The summed E-state index contributed by atoms with van der Waals surface area (Å²) in [6.45, 7) is 1.99. The summed E-state index contributed by atoms with van der Waals surface area (Å²) in [6.07, 6.45) is -0.979. The van der Waals surface area contributed by atoms with E-state index in [0.29, 0.717) is 16.5 Å². The maximum Gasteiger partial charge on any atom is 0.416 e. The molecule has 9 heteroatoms. The van der Waals surface area contributed by atoms with Crippen molar-refractivity contribution in [2.24, 2.45) is 0 Å². The van der Waals surface area contributed by atoms with Crippen LogP contribution in [0.4, 0.5) is 18.9 Å². The van der Waals surface area contributed by atoms with Crippen molar-refractivity contribution in [1.29, 1.82) is 0 Å². The molecule has 0 radical (unpaired) electrons. The Bertz CT molecular complexity index is 1690. The summed E-state index contributed by atoms with van der Waals surface area (Å²) in [5.74, 6) is 1.44. The third-order valence-electron chi connectivity index (χ3n) is 7.07. The molecule has 0 spiro atoms. The van der Waals surface area contributed by atoms with Gasteiger partial charge in [-0.05, 0) is 97.5 Å². The van der Waals surface area contributed by atoms with Crippen molar-refractivity contribution in [2.45, 2.75) is 25.2 Å². The van der Waals surface area contributed by atoms with Crippen LogP contribution in [0.2, 0.25) is 0 Å². The molecule has 0 bridgehead atoms. The van der Waals surface area contributed by atoms with E-state index in [4.69, 9.17) is 17.0 Å². The molecule has 1 saturated heterocycles. The molecule has 2 atom stereocenters. The van der Waals surface area contributed by atoms with Gasteiger partial charge < -0.3 is 19.5 Å². The molecule has 3 heterocycles. The number of aryl methyl sites for hydroxylation is 1. The van der Waals surface area contributed by atoms with Crippen molar-refractivity contribution in [3.8, 4) is 17.2 Å². The van der Waals surface area contributed by atoms with Gasteiger partial charge in [0.15, 0.2) is 5.11 Å². The second-order valence-electron chi connectivity index (χ2n) is 9.71. The van der Waals surface area contributed by atoms with Crippen LogP contribution in [-0.4, -0.2) is 14.7 Å². The van der Waals surface area contributed by atoms with Crippen LogP contribution in [0.15, 0.2) is 116 Å². The molecule has 0 aliphatic carbocycles. The summed E-state index contributed by atoms with van der Waals surface area (Å²) in [4.78, 5) is 6.55. The molecule has 3 aromatic carbocycles. The number of aromatic nitrogens is 2. The largest absolute Gasteiger partial charge is 0.457 e. The SMILES string of the molecule is Cc1ccccc1Oc1ccc(N2C(=S)N[C@@H](c3ccccn3)[C@H]2c2cccn2-c2cccc(C(F)(F)F)c2)cc1. The smallest absolute Gasteiger partial charge is 0.416 e. The van der Waals surface area contributed by atoms with E-state index >= 15 is 0 Å². The number of hydrogen-bond donors (Lipinski definition) is 1. The number of pyridine rings is 1. The average Bonchev–Trinajstić information content (AvgIpc) is 3.59. The zero-order valence-corrected chi connectivity index (χ0v) is 22.7. The van der Waals surface area contributed by atoms with E-state index in [9.17, 15) is 13.2 Å². The van der Waals surface area contributed by atoms with Gasteiger partial charge >= 0.3 is 6.18 Å². The number of anilines is 1. The fourth-order valence-corrected chi connectivity index (χ4v) is 5.45. The van der Waals surface area contributed by atoms with Gasteiger partial charge in [-0.2, -0.15) is 13.2 Å². The number of rotatable bonds is 6. The van der Waals surface area contributed by atoms with Gasteiger partial charge in [-0.15, -0.1) is 0 Å². The highest BCUT2D eigenvalue weighted by atomic mass is 32.1. The van der Waals surface area contributed by atoms with Gasteiger partial charge in [0, 0.05) is 29.5 Å². The van der Waals surface area contributed by atoms with Crippen molar-refractivity contribution in [3.05, 3.63) is 138 Å². The Hall–Kier alpha value is -4.63. The highest BCUT2D eigenvalue weighted by Gasteiger charge is 2.42. The Morgan fingerprint density at radius 2 is 1.63 bits per heavy atom. The van der Waals surface area contributed by atoms with Crippen molar-refractivity contribution >= 4 is 23.0 Å². The molecule has 1 fully saturated rings. The lowest BCUT2D eigenvalue weighted by molar-refractivity contribution is -0.137. The van der Waals surface area contributed by atoms with E-state index in [1.807, 2.05) is 90.7 Å². The first-order valence-corrected chi connectivity index (χ1v) is 13.4. The Labute approximate surface area is 240 Å². The van der Waals surface area contributed by atoms with Gasteiger partial charge in [0.1, 0.15) is 17.5 Å². The maximum atomic E-state index is 13.6. The molecule has 1 aliphatic rings. The summed E-state index contributed by atoms with van der Waals surface area (Å²) >= 11 is 5.83. The minimum Gasteiger partial charge on any atom is -0.457 e. The quantitative estimate of drug-likeness (QED) is 0.209. The van der Waals surface area contributed by atoms with Crippen molar-refractivity contribution < 1.29 is 17.9 Å². The molecule has 1 N–H and O–H groups in total. The summed E-state index contributed by atoms with van der Waals surface area (Å²) in [5.41, 5.74) is 3.04. The molecule has 6 rings (SSSR count). The molecule has 1 aliphatic heterocycles. The van der Waals surface area contributed by atoms with Gasteiger partial charge in [-0.25, -0.2) is 0 Å². The monoisotopic (exact) mass is 570 g/mol. The fourth-order valence-electron chi connectivity index (χ4n) is 5.11. The van der Waals surface area contributed by atoms with Crippen LogP contribution >= 0.6 is 12.2 Å². The Morgan fingerprint density at radius 1 is 0.854 bits per heavy atom. The Morgan fingerprint density at radius 3 is 2.37 bits per heavy atom. The molecule has 0 amide bonds. The van der Waals surface area contributed by atoms with E-state index in [0.717, 1.165) is 40.5 Å². The number of benzene rings is 3. The second-order valence-corrected chi connectivity index (χ2v) is 10.1. The first-order chi connectivity index (χ1) is 19.8. The van der Waals surface area contributed by atoms with Crippen LogP contribution in [0, 0.1) is 6.92 Å². The van der Waals surface area contributed by atoms with Gasteiger partial charge in [0.05, 0.1) is 17.3 Å². The summed E-state index contributed by atoms with van der Waals surface area (Å²) in [7, 11) is 0. The molecular weight excluding hydrogens is 545 g/mol. The number of nitrogens with one attached hydrogen (secondary N) is 1. The standard InChI is InChI=1S/C32H25F3N4OS/c1-21-8-2-3-13-28(21)40-25-16-14-23(15-17-25)39-30(29(37-31(39)41)26-11-4-5-18-36-26)27-12-7-19-38(27)24-10-6-9-22(20-24)32(33,34)35/h2-20,29-30H,1H3,(H,37,41)/t29-,30+/m0/s1. The van der Waals surface area contributed by atoms with Crippen LogP contribution in [0.1, 0.15) is 34.6 Å².